The van der Waals surface area contributed by atoms with E-state index in [2.05, 4.69) is 17.0 Å². The molecule has 0 saturated carbocycles. The van der Waals surface area contributed by atoms with Crippen LogP contribution in [-0.2, 0) is 0 Å². The van der Waals surface area contributed by atoms with E-state index in [1.165, 1.54) is 11.8 Å². The molecule has 2 saturated heterocycles. The lowest BCUT2D eigenvalue weighted by molar-refractivity contribution is -0.114. The van der Waals surface area contributed by atoms with Crippen molar-refractivity contribution in [3.8, 4) is 0 Å². The number of likely N-dealkylation sites (tertiary alicyclic amines) is 2. The van der Waals surface area contributed by atoms with Crippen LogP contribution < -0.4 is 0 Å². The Bertz CT molecular complexity index is 1070. The minimum Gasteiger partial charge on any atom is -0.389 e. The van der Waals surface area contributed by atoms with Crippen LogP contribution >= 0.6 is 11.6 Å². The number of aliphatic hydroxyl groups excluding tert-OH is 1. The van der Waals surface area contributed by atoms with E-state index in [1.807, 2.05) is 12.1 Å². The van der Waals surface area contributed by atoms with E-state index in [1.54, 1.807) is 4.90 Å². The SMILES string of the molecule is O=C(C=CN1CCC(O)(C(O)CN2CCC(c3ccc(Cl)cc3)CC2)CC1)c1cc(F)c(F)c(F)c1. The number of halogens is 4. The van der Waals surface area contributed by atoms with Crippen molar-refractivity contribution in [1.29, 1.82) is 0 Å². The Hall–Kier alpha value is -2.39. The fraction of sp³-hybridized carbons (Fsp3) is 0.444. The predicted octanol–water partition coefficient (Wildman–Crippen LogP) is 4.52. The fourth-order valence-corrected chi connectivity index (χ4v) is 5.08. The van der Waals surface area contributed by atoms with Crippen LogP contribution in [0.2, 0.25) is 5.02 Å². The second kappa shape index (κ2) is 11.3. The van der Waals surface area contributed by atoms with Gasteiger partial charge in [0.05, 0.1) is 11.7 Å². The third-order valence-electron chi connectivity index (χ3n) is 7.35. The van der Waals surface area contributed by atoms with E-state index in [0.29, 0.717) is 50.5 Å². The molecule has 0 aliphatic carbocycles. The average Bonchev–Trinajstić information content (AvgIpc) is 2.87. The number of ketones is 1. The first-order valence-electron chi connectivity index (χ1n) is 12.1. The highest BCUT2D eigenvalue weighted by atomic mass is 35.5. The van der Waals surface area contributed by atoms with Crippen LogP contribution in [0.3, 0.4) is 0 Å². The summed E-state index contributed by atoms with van der Waals surface area (Å²) in [4.78, 5) is 16.2. The van der Waals surface area contributed by atoms with E-state index in [4.69, 9.17) is 11.6 Å². The van der Waals surface area contributed by atoms with Crippen LogP contribution in [0.25, 0.3) is 0 Å². The van der Waals surface area contributed by atoms with E-state index >= 15 is 0 Å². The molecule has 2 N–H and O–H groups in total. The molecule has 0 spiro atoms. The standard InChI is InChI=1S/C27H30ClF3N2O3/c28-21-3-1-18(2-4-21)19-5-10-33(11-6-19)17-25(35)27(36)8-13-32(14-9-27)12-7-24(34)20-15-22(29)26(31)23(30)16-20/h1-4,7,12,15-16,19,25,35-36H,5-6,8-11,13-14,17H2. The van der Waals surface area contributed by atoms with Crippen molar-refractivity contribution in [1.82, 2.24) is 9.80 Å². The van der Waals surface area contributed by atoms with Crippen molar-refractivity contribution in [3.63, 3.8) is 0 Å². The smallest absolute Gasteiger partial charge is 0.194 e. The molecule has 1 unspecified atom stereocenters. The molecular formula is C27H30ClF3N2O3. The molecule has 0 bridgehead atoms. The molecule has 2 aliphatic heterocycles. The van der Waals surface area contributed by atoms with Gasteiger partial charge in [-0.15, -0.1) is 0 Å². The van der Waals surface area contributed by atoms with E-state index in [9.17, 15) is 28.2 Å². The number of allylic oxidation sites excluding steroid dienone is 1. The summed E-state index contributed by atoms with van der Waals surface area (Å²) in [5.41, 5.74) is -0.247. The minimum absolute atomic E-state index is 0.286. The van der Waals surface area contributed by atoms with Crippen LogP contribution in [0.4, 0.5) is 13.2 Å². The number of hydrogen-bond acceptors (Lipinski definition) is 5. The molecule has 2 fully saturated rings. The van der Waals surface area contributed by atoms with Gasteiger partial charge in [-0.05, 0) is 74.5 Å². The Balaban J connectivity index is 1.24. The summed E-state index contributed by atoms with van der Waals surface area (Å²) < 4.78 is 39.8. The number of rotatable bonds is 7. The van der Waals surface area contributed by atoms with Gasteiger partial charge in [-0.3, -0.25) is 4.79 Å². The molecule has 0 amide bonds. The molecule has 9 heteroatoms. The van der Waals surface area contributed by atoms with Crippen molar-refractivity contribution < 1.29 is 28.2 Å². The number of hydrogen-bond donors (Lipinski definition) is 2. The molecule has 2 heterocycles. The summed E-state index contributed by atoms with van der Waals surface area (Å²) in [7, 11) is 0. The van der Waals surface area contributed by atoms with Gasteiger partial charge in [0.25, 0.3) is 0 Å². The van der Waals surface area contributed by atoms with Crippen LogP contribution in [0.15, 0.2) is 48.7 Å². The van der Waals surface area contributed by atoms with Gasteiger partial charge in [0, 0.05) is 42.5 Å². The highest BCUT2D eigenvalue weighted by Crippen LogP contribution is 2.31. The van der Waals surface area contributed by atoms with E-state index in [0.717, 1.165) is 37.0 Å². The number of carbonyl (C=O) groups excluding carboxylic acids is 1. The Kier molecular flexibility index (Phi) is 8.40. The van der Waals surface area contributed by atoms with Gasteiger partial charge in [0.15, 0.2) is 23.2 Å². The Morgan fingerprint density at radius 1 is 1.06 bits per heavy atom. The number of nitrogens with zero attached hydrogens (tertiary/aromatic N) is 2. The second-order valence-corrected chi connectivity index (χ2v) is 10.2. The Morgan fingerprint density at radius 2 is 1.64 bits per heavy atom. The van der Waals surface area contributed by atoms with Crippen LogP contribution in [0.1, 0.15) is 47.5 Å². The topological polar surface area (TPSA) is 64.0 Å². The van der Waals surface area contributed by atoms with Gasteiger partial charge < -0.3 is 20.0 Å². The summed E-state index contributed by atoms with van der Waals surface area (Å²) in [6.45, 7) is 2.87. The molecule has 0 radical (unpaired) electrons. The lowest BCUT2D eigenvalue weighted by Crippen LogP contribution is -2.54. The normalized spacial score (nSPS) is 20.1. The molecular weight excluding hydrogens is 493 g/mol. The molecule has 5 nitrogen and oxygen atoms in total. The van der Waals surface area contributed by atoms with Crippen LogP contribution in [0, 0.1) is 17.5 Å². The quantitative estimate of drug-likeness (QED) is 0.318. The Labute approximate surface area is 213 Å². The first-order valence-corrected chi connectivity index (χ1v) is 12.5. The zero-order chi connectivity index (χ0) is 25.9. The largest absolute Gasteiger partial charge is 0.389 e. The van der Waals surface area contributed by atoms with E-state index in [-0.39, 0.29) is 5.56 Å². The third kappa shape index (κ3) is 6.29. The first kappa shape index (κ1) is 26.7. The number of carbonyl (C=O) groups is 1. The highest BCUT2D eigenvalue weighted by molar-refractivity contribution is 6.30. The van der Waals surface area contributed by atoms with Gasteiger partial charge in [-0.25, -0.2) is 13.2 Å². The van der Waals surface area contributed by atoms with Crippen molar-refractivity contribution in [3.05, 3.63) is 82.3 Å². The fourth-order valence-electron chi connectivity index (χ4n) is 4.96. The molecule has 0 aromatic heterocycles. The van der Waals surface area contributed by atoms with Crippen LogP contribution in [-0.4, -0.2) is 70.2 Å². The lowest BCUT2D eigenvalue weighted by atomic mass is 9.84. The maximum atomic E-state index is 13.4. The highest BCUT2D eigenvalue weighted by Gasteiger charge is 2.39. The molecule has 1 atom stereocenters. The summed E-state index contributed by atoms with van der Waals surface area (Å²) in [6.07, 6.45) is 4.33. The zero-order valence-electron chi connectivity index (χ0n) is 19.8. The number of benzene rings is 2. The van der Waals surface area contributed by atoms with Gasteiger partial charge in [0.1, 0.15) is 0 Å². The second-order valence-electron chi connectivity index (χ2n) is 9.72. The third-order valence-corrected chi connectivity index (χ3v) is 7.60. The average molecular weight is 523 g/mol. The number of piperidine rings is 2. The number of aliphatic hydroxyl groups is 2. The first-order chi connectivity index (χ1) is 17.1. The molecule has 2 aliphatic rings. The molecule has 194 valence electrons. The summed E-state index contributed by atoms with van der Waals surface area (Å²) in [6, 6.07) is 9.26. The van der Waals surface area contributed by atoms with Gasteiger partial charge >= 0.3 is 0 Å². The van der Waals surface area contributed by atoms with Crippen molar-refractivity contribution >= 4 is 17.4 Å². The van der Waals surface area contributed by atoms with Crippen molar-refractivity contribution in [2.45, 2.75) is 43.3 Å². The maximum Gasteiger partial charge on any atom is 0.194 e. The maximum absolute atomic E-state index is 13.4. The molecule has 2 aromatic carbocycles. The molecule has 2 aromatic rings. The van der Waals surface area contributed by atoms with Gasteiger partial charge in [-0.2, -0.15) is 0 Å². The molecule has 4 rings (SSSR count). The predicted molar refractivity (Wildman–Crippen MR) is 131 cm³/mol. The lowest BCUT2D eigenvalue weighted by Gasteiger charge is -2.43. The number of β-amino-alcohol motifs (C(OH)–C–C–N with tert-alkyl or cyclic N) is 1. The van der Waals surface area contributed by atoms with E-state index < -0.39 is 34.9 Å². The molecule has 36 heavy (non-hydrogen) atoms. The van der Waals surface area contributed by atoms with Crippen LogP contribution in [0.5, 0.6) is 0 Å². The monoisotopic (exact) mass is 522 g/mol. The zero-order valence-corrected chi connectivity index (χ0v) is 20.6. The minimum atomic E-state index is -1.62. The summed E-state index contributed by atoms with van der Waals surface area (Å²) >= 11 is 5.98. The van der Waals surface area contributed by atoms with Crippen molar-refractivity contribution in [2.75, 3.05) is 32.7 Å². The summed E-state index contributed by atoms with van der Waals surface area (Å²) in [5, 5.41) is 22.6. The van der Waals surface area contributed by atoms with Gasteiger partial charge in [-0.1, -0.05) is 23.7 Å². The Morgan fingerprint density at radius 3 is 2.22 bits per heavy atom. The van der Waals surface area contributed by atoms with Crippen molar-refractivity contribution in [2.24, 2.45) is 0 Å². The van der Waals surface area contributed by atoms with Gasteiger partial charge in [0.2, 0.25) is 0 Å². The summed E-state index contributed by atoms with van der Waals surface area (Å²) in [5.74, 6) is -4.65.